The maximum atomic E-state index is 12.5. The summed E-state index contributed by atoms with van der Waals surface area (Å²) in [5.74, 6) is 1.94. The molecular formula is C21H25N5O. The van der Waals surface area contributed by atoms with Crippen LogP contribution >= 0.6 is 0 Å². The Kier molecular flexibility index (Phi) is 4.34. The molecule has 3 aromatic rings. The second-order valence-corrected chi connectivity index (χ2v) is 7.37. The van der Waals surface area contributed by atoms with Gasteiger partial charge in [0.25, 0.3) is 0 Å². The van der Waals surface area contributed by atoms with E-state index in [4.69, 9.17) is 5.73 Å². The summed E-state index contributed by atoms with van der Waals surface area (Å²) in [7, 11) is 0. The lowest BCUT2D eigenvalue weighted by molar-refractivity contribution is -0.122. The Balaban J connectivity index is 1.43. The van der Waals surface area contributed by atoms with Gasteiger partial charge in [-0.15, -0.1) is 0 Å². The molecule has 2 aromatic heterocycles. The lowest BCUT2D eigenvalue weighted by Gasteiger charge is -2.11. The monoisotopic (exact) mass is 363 g/mol. The summed E-state index contributed by atoms with van der Waals surface area (Å²) in [4.78, 5) is 21.4. The van der Waals surface area contributed by atoms with Gasteiger partial charge in [0.2, 0.25) is 5.91 Å². The second-order valence-electron chi connectivity index (χ2n) is 7.37. The standard InChI is InChI=1S/C21H25N5O/c1-12-13(2)24-20(22)18-19(12)26(14(3)25-18)10-9-23-21(27)17-11-16(17)15-7-5-4-6-8-15/h4-8,16-17H,9-11H2,1-3H3,(H2,22,24)(H,23,27)/t16-,17+/m0/s1. The summed E-state index contributed by atoms with van der Waals surface area (Å²) in [6.07, 6.45) is 0.934. The van der Waals surface area contributed by atoms with Gasteiger partial charge in [-0.05, 0) is 44.2 Å². The van der Waals surface area contributed by atoms with E-state index in [1.165, 1.54) is 5.56 Å². The number of nitrogens with one attached hydrogen (secondary N) is 1. The molecule has 1 saturated carbocycles. The first-order valence-electron chi connectivity index (χ1n) is 9.39. The Hall–Kier alpha value is -2.89. The number of carbonyl (C=O) groups is 1. The van der Waals surface area contributed by atoms with E-state index in [0.717, 1.165) is 34.5 Å². The summed E-state index contributed by atoms with van der Waals surface area (Å²) in [6, 6.07) is 10.3. The molecule has 1 amide bonds. The van der Waals surface area contributed by atoms with Crippen molar-refractivity contribution in [3.8, 4) is 0 Å². The quantitative estimate of drug-likeness (QED) is 0.730. The summed E-state index contributed by atoms with van der Waals surface area (Å²) >= 11 is 0. The summed E-state index contributed by atoms with van der Waals surface area (Å²) in [5, 5.41) is 3.09. The number of aryl methyl sites for hydroxylation is 3. The van der Waals surface area contributed by atoms with Crippen molar-refractivity contribution in [2.45, 2.75) is 39.7 Å². The first-order chi connectivity index (χ1) is 13.0. The minimum Gasteiger partial charge on any atom is -0.382 e. The number of fused-ring (bicyclic) bond motifs is 1. The van der Waals surface area contributed by atoms with Crippen LogP contribution in [0.1, 0.15) is 35.0 Å². The number of carbonyl (C=O) groups excluding carboxylic acids is 1. The molecular weight excluding hydrogens is 338 g/mol. The highest BCUT2D eigenvalue weighted by molar-refractivity contribution is 5.88. The lowest BCUT2D eigenvalue weighted by atomic mass is 10.1. The zero-order valence-electron chi connectivity index (χ0n) is 16.0. The SMILES string of the molecule is Cc1nc(N)c2nc(C)n(CCNC(=O)[C@@H]3C[C@H]3c3ccccc3)c2c1C. The van der Waals surface area contributed by atoms with Gasteiger partial charge in [-0.2, -0.15) is 0 Å². The Labute approximate surface area is 158 Å². The molecule has 140 valence electrons. The molecule has 0 aliphatic heterocycles. The average Bonchev–Trinajstić information content (AvgIpc) is 3.39. The van der Waals surface area contributed by atoms with Crippen LogP contribution in [0.15, 0.2) is 30.3 Å². The zero-order valence-corrected chi connectivity index (χ0v) is 16.0. The highest BCUT2D eigenvalue weighted by atomic mass is 16.2. The van der Waals surface area contributed by atoms with Gasteiger partial charge < -0.3 is 15.6 Å². The van der Waals surface area contributed by atoms with Crippen molar-refractivity contribution in [1.29, 1.82) is 0 Å². The topological polar surface area (TPSA) is 85.8 Å². The first-order valence-corrected chi connectivity index (χ1v) is 9.39. The van der Waals surface area contributed by atoms with Gasteiger partial charge in [0.15, 0.2) is 5.82 Å². The Morgan fingerprint density at radius 1 is 1.22 bits per heavy atom. The van der Waals surface area contributed by atoms with Crippen LogP contribution in [0, 0.1) is 26.7 Å². The molecule has 0 bridgehead atoms. The molecule has 3 N–H and O–H groups in total. The van der Waals surface area contributed by atoms with Crippen LogP contribution in [0.4, 0.5) is 5.82 Å². The molecule has 6 heteroatoms. The minimum atomic E-state index is 0.0943. The molecule has 1 fully saturated rings. The maximum Gasteiger partial charge on any atom is 0.223 e. The average molecular weight is 363 g/mol. The fraction of sp³-hybridized carbons (Fsp3) is 0.381. The van der Waals surface area contributed by atoms with Crippen LogP contribution in [0.5, 0.6) is 0 Å². The van der Waals surface area contributed by atoms with Crippen molar-refractivity contribution in [3.05, 3.63) is 53.0 Å². The molecule has 0 radical (unpaired) electrons. The number of anilines is 1. The summed E-state index contributed by atoms with van der Waals surface area (Å²) in [5.41, 5.74) is 11.0. The number of benzene rings is 1. The Bertz CT molecular complexity index is 1010. The first kappa shape index (κ1) is 17.5. The molecule has 27 heavy (non-hydrogen) atoms. The molecule has 2 heterocycles. The van der Waals surface area contributed by atoms with Crippen LogP contribution in [-0.2, 0) is 11.3 Å². The number of pyridine rings is 1. The predicted octanol–water partition coefficient (Wildman–Crippen LogP) is 2.86. The van der Waals surface area contributed by atoms with Crippen LogP contribution < -0.4 is 11.1 Å². The molecule has 1 aliphatic rings. The molecule has 1 aliphatic carbocycles. The molecule has 0 saturated heterocycles. The fourth-order valence-corrected chi connectivity index (χ4v) is 3.86. The van der Waals surface area contributed by atoms with Crippen LogP contribution in [-0.4, -0.2) is 27.0 Å². The normalized spacial score (nSPS) is 18.6. The van der Waals surface area contributed by atoms with Crippen molar-refractivity contribution in [3.63, 3.8) is 0 Å². The zero-order chi connectivity index (χ0) is 19.1. The van der Waals surface area contributed by atoms with Gasteiger partial charge in [0.05, 0.1) is 5.52 Å². The number of amides is 1. The van der Waals surface area contributed by atoms with E-state index in [9.17, 15) is 4.79 Å². The van der Waals surface area contributed by atoms with Crippen molar-refractivity contribution >= 4 is 22.8 Å². The molecule has 1 aromatic carbocycles. The minimum absolute atomic E-state index is 0.0943. The van der Waals surface area contributed by atoms with E-state index in [0.29, 0.717) is 24.8 Å². The fourth-order valence-electron chi connectivity index (χ4n) is 3.86. The number of aromatic nitrogens is 3. The molecule has 0 spiro atoms. The number of hydrogen-bond donors (Lipinski definition) is 2. The smallest absolute Gasteiger partial charge is 0.223 e. The van der Waals surface area contributed by atoms with Gasteiger partial charge in [0, 0.05) is 24.7 Å². The van der Waals surface area contributed by atoms with Crippen molar-refractivity contribution < 1.29 is 4.79 Å². The number of imidazole rings is 1. The van der Waals surface area contributed by atoms with Gasteiger partial charge in [0.1, 0.15) is 11.3 Å². The number of nitrogens with zero attached hydrogens (tertiary/aromatic N) is 3. The highest BCUT2D eigenvalue weighted by Crippen LogP contribution is 2.47. The second kappa shape index (κ2) is 6.68. The van der Waals surface area contributed by atoms with Crippen LogP contribution in [0.2, 0.25) is 0 Å². The van der Waals surface area contributed by atoms with Gasteiger partial charge >= 0.3 is 0 Å². The molecule has 6 nitrogen and oxygen atoms in total. The van der Waals surface area contributed by atoms with Gasteiger partial charge in [-0.25, -0.2) is 9.97 Å². The number of nitrogen functional groups attached to an aromatic ring is 1. The van der Waals surface area contributed by atoms with Gasteiger partial charge in [-0.3, -0.25) is 4.79 Å². The van der Waals surface area contributed by atoms with Crippen LogP contribution in [0.3, 0.4) is 0 Å². The molecule has 0 unspecified atom stereocenters. The van der Waals surface area contributed by atoms with E-state index >= 15 is 0 Å². The lowest BCUT2D eigenvalue weighted by Crippen LogP contribution is -2.29. The number of rotatable bonds is 5. The summed E-state index contributed by atoms with van der Waals surface area (Å²) < 4.78 is 2.12. The third-order valence-corrected chi connectivity index (χ3v) is 5.58. The van der Waals surface area contributed by atoms with Crippen molar-refractivity contribution in [2.24, 2.45) is 5.92 Å². The number of nitrogens with two attached hydrogens (primary N) is 1. The number of hydrogen-bond acceptors (Lipinski definition) is 4. The third-order valence-electron chi connectivity index (χ3n) is 5.58. The molecule has 2 atom stereocenters. The van der Waals surface area contributed by atoms with E-state index in [2.05, 4.69) is 32.0 Å². The predicted molar refractivity (Wildman–Crippen MR) is 106 cm³/mol. The Morgan fingerprint density at radius 2 is 1.96 bits per heavy atom. The third kappa shape index (κ3) is 3.16. The Morgan fingerprint density at radius 3 is 2.70 bits per heavy atom. The van der Waals surface area contributed by atoms with Gasteiger partial charge in [-0.1, -0.05) is 30.3 Å². The highest BCUT2D eigenvalue weighted by Gasteiger charge is 2.43. The van der Waals surface area contributed by atoms with Crippen LogP contribution in [0.25, 0.3) is 11.0 Å². The maximum absolute atomic E-state index is 12.5. The largest absolute Gasteiger partial charge is 0.382 e. The van der Waals surface area contributed by atoms with Crippen molar-refractivity contribution in [1.82, 2.24) is 19.9 Å². The summed E-state index contributed by atoms with van der Waals surface area (Å²) in [6.45, 7) is 7.19. The van der Waals surface area contributed by atoms with E-state index in [-0.39, 0.29) is 11.8 Å². The van der Waals surface area contributed by atoms with E-state index in [1.807, 2.05) is 39.0 Å². The van der Waals surface area contributed by atoms with E-state index < -0.39 is 0 Å². The van der Waals surface area contributed by atoms with Crippen molar-refractivity contribution in [2.75, 3.05) is 12.3 Å². The van der Waals surface area contributed by atoms with E-state index in [1.54, 1.807) is 0 Å². The molecule has 4 rings (SSSR count).